The van der Waals surface area contributed by atoms with Gasteiger partial charge in [-0.2, -0.15) is 5.10 Å². The Balaban J connectivity index is 2.37. The van der Waals surface area contributed by atoms with Crippen LogP contribution in [0, 0.1) is 16.7 Å². The van der Waals surface area contributed by atoms with E-state index in [4.69, 9.17) is 5.73 Å². The number of carbonyl (C=O) groups is 2. The molecule has 2 aliphatic rings. The lowest BCUT2D eigenvalue weighted by Crippen LogP contribution is -2.34. The Bertz CT molecular complexity index is 400. The summed E-state index contributed by atoms with van der Waals surface area (Å²) in [5.41, 5.74) is 7.18. The number of ketones is 1. The van der Waals surface area contributed by atoms with Crippen LogP contribution in [0.2, 0.25) is 0 Å². The molecule has 0 aromatic heterocycles. The molecule has 0 aromatic carbocycles. The monoisotopic (exact) mass is 223 g/mol. The number of nitrogens with two attached hydrogens (primary N) is 1. The van der Waals surface area contributed by atoms with Crippen LogP contribution < -0.4 is 11.2 Å². The van der Waals surface area contributed by atoms with Crippen LogP contribution in [0.3, 0.4) is 0 Å². The van der Waals surface area contributed by atoms with Crippen LogP contribution in [0.1, 0.15) is 33.6 Å². The maximum absolute atomic E-state index is 12.2. The van der Waals surface area contributed by atoms with Gasteiger partial charge in [-0.15, -0.1) is 0 Å². The lowest BCUT2D eigenvalue weighted by atomic mass is 9.70. The molecular weight excluding hydrogens is 206 g/mol. The van der Waals surface area contributed by atoms with Gasteiger partial charge in [-0.3, -0.25) is 4.79 Å². The zero-order chi connectivity index (χ0) is 12.1. The highest BCUT2D eigenvalue weighted by Gasteiger charge is 2.65. The predicted octanol–water partition coefficient (Wildman–Crippen LogP) is 1.04. The fourth-order valence-corrected chi connectivity index (χ4v) is 3.07. The molecule has 0 radical (unpaired) electrons. The SMILES string of the molecule is CC12CCC(C(=NNC(N)=O)C1=O)C2(C)C. The summed E-state index contributed by atoms with van der Waals surface area (Å²) in [7, 11) is 0. The molecule has 5 heteroatoms. The van der Waals surface area contributed by atoms with E-state index < -0.39 is 6.03 Å². The minimum atomic E-state index is -0.731. The van der Waals surface area contributed by atoms with Gasteiger partial charge in [-0.1, -0.05) is 20.8 Å². The Hall–Kier alpha value is -1.39. The van der Waals surface area contributed by atoms with Crippen molar-refractivity contribution in [3.05, 3.63) is 0 Å². The predicted molar refractivity (Wildman–Crippen MR) is 59.8 cm³/mol. The summed E-state index contributed by atoms with van der Waals surface area (Å²) in [5.74, 6) is 0.194. The number of nitrogens with zero attached hydrogens (tertiary/aromatic N) is 1. The van der Waals surface area contributed by atoms with Crippen molar-refractivity contribution in [1.82, 2.24) is 5.43 Å². The van der Waals surface area contributed by atoms with Crippen molar-refractivity contribution in [1.29, 1.82) is 0 Å². The van der Waals surface area contributed by atoms with Gasteiger partial charge in [0.15, 0.2) is 5.78 Å². The van der Waals surface area contributed by atoms with E-state index in [-0.39, 0.29) is 22.5 Å². The molecular formula is C11H17N3O2. The van der Waals surface area contributed by atoms with E-state index in [1.807, 2.05) is 6.92 Å². The topological polar surface area (TPSA) is 84.5 Å². The van der Waals surface area contributed by atoms with Crippen molar-refractivity contribution < 1.29 is 9.59 Å². The molecule has 3 N–H and O–H groups in total. The number of carbonyl (C=O) groups excluding carboxylic acids is 2. The van der Waals surface area contributed by atoms with Crippen molar-refractivity contribution >= 4 is 17.5 Å². The molecule has 2 atom stereocenters. The Kier molecular flexibility index (Phi) is 2.12. The fraction of sp³-hybridized carbons (Fsp3) is 0.727. The van der Waals surface area contributed by atoms with Crippen molar-refractivity contribution in [3.63, 3.8) is 0 Å². The number of rotatable bonds is 1. The number of hydrogen-bond donors (Lipinski definition) is 2. The highest BCUT2D eigenvalue weighted by atomic mass is 16.2. The minimum Gasteiger partial charge on any atom is -0.350 e. The van der Waals surface area contributed by atoms with Crippen LogP contribution in [-0.4, -0.2) is 17.5 Å². The van der Waals surface area contributed by atoms with Crippen molar-refractivity contribution in [3.8, 4) is 0 Å². The maximum atomic E-state index is 12.2. The summed E-state index contributed by atoms with van der Waals surface area (Å²) in [6.45, 7) is 6.17. The third-order valence-electron chi connectivity index (χ3n) is 4.58. The first-order chi connectivity index (χ1) is 7.30. The number of hydrazone groups is 1. The van der Waals surface area contributed by atoms with E-state index in [1.54, 1.807) is 0 Å². The summed E-state index contributed by atoms with van der Waals surface area (Å²) < 4.78 is 0. The summed E-state index contributed by atoms with van der Waals surface area (Å²) >= 11 is 0. The first-order valence-corrected chi connectivity index (χ1v) is 5.48. The molecule has 16 heavy (non-hydrogen) atoms. The highest BCUT2D eigenvalue weighted by molar-refractivity contribution is 6.45. The maximum Gasteiger partial charge on any atom is 0.332 e. The van der Waals surface area contributed by atoms with Crippen LogP contribution in [0.4, 0.5) is 4.79 Å². The molecule has 88 valence electrons. The van der Waals surface area contributed by atoms with Gasteiger partial charge >= 0.3 is 6.03 Å². The average Bonchev–Trinajstić information content (AvgIpc) is 2.47. The first-order valence-electron chi connectivity index (χ1n) is 5.48. The zero-order valence-electron chi connectivity index (χ0n) is 9.83. The summed E-state index contributed by atoms with van der Waals surface area (Å²) in [6, 6.07) is -0.731. The summed E-state index contributed by atoms with van der Waals surface area (Å²) in [5, 5.41) is 3.87. The third-order valence-corrected chi connectivity index (χ3v) is 4.58. The van der Waals surface area contributed by atoms with Gasteiger partial charge in [-0.05, 0) is 18.3 Å². The third kappa shape index (κ3) is 1.14. The molecule has 2 rings (SSSR count). The summed E-state index contributed by atoms with van der Waals surface area (Å²) in [6.07, 6.45) is 1.85. The second-order valence-corrected chi connectivity index (χ2v) is 5.45. The van der Waals surface area contributed by atoms with Gasteiger partial charge in [0, 0.05) is 11.3 Å². The number of fused-ring (bicyclic) bond motifs is 2. The van der Waals surface area contributed by atoms with Crippen LogP contribution in [0.25, 0.3) is 0 Å². The van der Waals surface area contributed by atoms with Crippen LogP contribution in [0.15, 0.2) is 5.10 Å². The molecule has 0 aromatic rings. The van der Waals surface area contributed by atoms with Crippen LogP contribution >= 0.6 is 0 Å². The normalized spacial score (nSPS) is 38.1. The van der Waals surface area contributed by atoms with E-state index in [9.17, 15) is 9.59 Å². The van der Waals surface area contributed by atoms with Gasteiger partial charge in [0.2, 0.25) is 0 Å². The number of amides is 2. The largest absolute Gasteiger partial charge is 0.350 e. The molecule has 2 unspecified atom stereocenters. The van der Waals surface area contributed by atoms with Gasteiger partial charge in [0.1, 0.15) is 5.71 Å². The van der Waals surface area contributed by atoms with Gasteiger partial charge in [-0.25, -0.2) is 10.2 Å². The molecule has 2 amide bonds. The van der Waals surface area contributed by atoms with E-state index in [1.165, 1.54) is 0 Å². The highest BCUT2D eigenvalue weighted by Crippen LogP contribution is 2.62. The first kappa shape index (κ1) is 11.1. The number of urea groups is 1. The minimum absolute atomic E-state index is 0.0579. The number of primary amides is 1. The number of nitrogens with one attached hydrogen (secondary N) is 1. The van der Waals surface area contributed by atoms with Gasteiger partial charge in [0.05, 0.1) is 0 Å². The molecule has 0 spiro atoms. The molecule has 0 heterocycles. The Morgan fingerprint density at radius 3 is 2.56 bits per heavy atom. The van der Waals surface area contributed by atoms with Crippen molar-refractivity contribution in [2.45, 2.75) is 33.6 Å². The smallest absolute Gasteiger partial charge is 0.332 e. The molecule has 0 aliphatic heterocycles. The van der Waals surface area contributed by atoms with Gasteiger partial charge in [0.25, 0.3) is 0 Å². The molecule has 2 aliphatic carbocycles. The standard InChI is InChI=1S/C11H17N3O2/c1-10(2)6-4-5-11(10,3)8(15)7(6)13-14-9(12)16/h6H,4-5H2,1-3H3,(H3,12,14,16). The Morgan fingerprint density at radius 2 is 2.12 bits per heavy atom. The lowest BCUT2D eigenvalue weighted by Gasteiger charge is -2.31. The van der Waals surface area contributed by atoms with E-state index in [2.05, 4.69) is 24.4 Å². The fourth-order valence-electron chi connectivity index (χ4n) is 3.07. The molecule has 5 nitrogen and oxygen atoms in total. The van der Waals surface area contributed by atoms with Crippen molar-refractivity contribution in [2.24, 2.45) is 27.6 Å². The van der Waals surface area contributed by atoms with E-state index in [0.29, 0.717) is 5.71 Å². The van der Waals surface area contributed by atoms with Crippen LogP contribution in [-0.2, 0) is 4.79 Å². The lowest BCUT2D eigenvalue weighted by molar-refractivity contribution is -0.123. The second-order valence-electron chi connectivity index (χ2n) is 5.45. The Labute approximate surface area is 94.5 Å². The van der Waals surface area contributed by atoms with Crippen LogP contribution in [0.5, 0.6) is 0 Å². The number of hydrogen-bond acceptors (Lipinski definition) is 3. The van der Waals surface area contributed by atoms with Gasteiger partial charge < -0.3 is 5.73 Å². The van der Waals surface area contributed by atoms with Crippen molar-refractivity contribution in [2.75, 3.05) is 0 Å². The molecule has 2 fully saturated rings. The molecule has 2 bridgehead atoms. The quantitative estimate of drug-likeness (QED) is 0.651. The molecule has 2 saturated carbocycles. The average molecular weight is 223 g/mol. The number of Topliss-reactive ketones (excluding diaryl/α,β-unsaturated/α-hetero) is 1. The molecule has 0 saturated heterocycles. The second kappa shape index (κ2) is 3.06. The zero-order valence-corrected chi connectivity index (χ0v) is 9.83. The van der Waals surface area contributed by atoms with E-state index in [0.717, 1.165) is 12.8 Å². The Morgan fingerprint density at radius 1 is 1.50 bits per heavy atom. The summed E-state index contributed by atoms with van der Waals surface area (Å²) in [4.78, 5) is 22.8. The van der Waals surface area contributed by atoms with E-state index >= 15 is 0 Å².